The molecular formula is C14H20N2O2. The highest BCUT2D eigenvalue weighted by Crippen LogP contribution is 2.32. The molecule has 1 aliphatic rings. The third-order valence-corrected chi connectivity index (χ3v) is 3.29. The number of carbonyl (C=O) groups excluding carboxylic acids is 1. The van der Waals surface area contributed by atoms with E-state index in [1.54, 1.807) is 7.05 Å². The predicted molar refractivity (Wildman–Crippen MR) is 70.3 cm³/mol. The summed E-state index contributed by atoms with van der Waals surface area (Å²) in [7, 11) is 1.62. The van der Waals surface area contributed by atoms with Crippen LogP contribution in [0.25, 0.3) is 0 Å². The Morgan fingerprint density at radius 3 is 2.61 bits per heavy atom. The quantitative estimate of drug-likeness (QED) is 0.701. The zero-order valence-corrected chi connectivity index (χ0v) is 10.6. The minimum absolute atomic E-state index is 0.0707. The second-order valence-corrected chi connectivity index (χ2v) is 4.81. The number of aliphatic hydroxyl groups is 1. The van der Waals surface area contributed by atoms with Crippen LogP contribution < -0.4 is 10.6 Å². The van der Waals surface area contributed by atoms with Crippen molar-refractivity contribution in [1.29, 1.82) is 0 Å². The van der Waals surface area contributed by atoms with Crippen LogP contribution in [0.15, 0.2) is 24.3 Å². The molecule has 0 aliphatic heterocycles. The van der Waals surface area contributed by atoms with Gasteiger partial charge in [0.05, 0.1) is 6.10 Å². The summed E-state index contributed by atoms with van der Waals surface area (Å²) >= 11 is 0. The van der Waals surface area contributed by atoms with Gasteiger partial charge in [0, 0.05) is 25.7 Å². The van der Waals surface area contributed by atoms with E-state index in [-0.39, 0.29) is 12.0 Å². The molecule has 1 fully saturated rings. The maximum atomic E-state index is 11.4. The van der Waals surface area contributed by atoms with Crippen molar-refractivity contribution in [2.75, 3.05) is 13.6 Å². The van der Waals surface area contributed by atoms with Crippen LogP contribution in [0.4, 0.5) is 0 Å². The van der Waals surface area contributed by atoms with Gasteiger partial charge < -0.3 is 15.7 Å². The highest BCUT2D eigenvalue weighted by atomic mass is 16.3. The van der Waals surface area contributed by atoms with Crippen molar-refractivity contribution < 1.29 is 9.90 Å². The Kier molecular flexibility index (Phi) is 4.33. The summed E-state index contributed by atoms with van der Waals surface area (Å²) in [5.74, 6) is 0.437. The Morgan fingerprint density at radius 1 is 1.39 bits per heavy atom. The SMILES string of the molecule is CNC(=O)c1ccc(CNCC(O)C2CC2)cc1. The number of hydrogen-bond donors (Lipinski definition) is 3. The fraction of sp³-hybridized carbons (Fsp3) is 0.500. The summed E-state index contributed by atoms with van der Waals surface area (Å²) in [5.41, 5.74) is 1.78. The Labute approximate surface area is 107 Å². The van der Waals surface area contributed by atoms with Crippen molar-refractivity contribution >= 4 is 5.91 Å². The van der Waals surface area contributed by atoms with Gasteiger partial charge in [0.2, 0.25) is 0 Å². The van der Waals surface area contributed by atoms with Crippen molar-refractivity contribution in [1.82, 2.24) is 10.6 Å². The van der Waals surface area contributed by atoms with E-state index in [4.69, 9.17) is 0 Å². The molecule has 2 rings (SSSR count). The van der Waals surface area contributed by atoms with E-state index < -0.39 is 0 Å². The van der Waals surface area contributed by atoms with Crippen LogP contribution in [0.1, 0.15) is 28.8 Å². The van der Waals surface area contributed by atoms with Crippen LogP contribution in [-0.4, -0.2) is 30.7 Å². The fourth-order valence-corrected chi connectivity index (χ4v) is 1.93. The first-order chi connectivity index (χ1) is 8.70. The van der Waals surface area contributed by atoms with Gasteiger partial charge >= 0.3 is 0 Å². The van der Waals surface area contributed by atoms with Gasteiger partial charge in [-0.3, -0.25) is 4.79 Å². The molecule has 1 aromatic carbocycles. The first-order valence-electron chi connectivity index (χ1n) is 6.40. The first kappa shape index (κ1) is 13.1. The molecule has 0 bridgehead atoms. The highest BCUT2D eigenvalue weighted by Gasteiger charge is 2.28. The zero-order valence-electron chi connectivity index (χ0n) is 10.6. The van der Waals surface area contributed by atoms with Crippen molar-refractivity contribution in [2.45, 2.75) is 25.5 Å². The lowest BCUT2D eigenvalue weighted by molar-refractivity contribution is 0.0963. The van der Waals surface area contributed by atoms with Crippen LogP contribution >= 0.6 is 0 Å². The number of rotatable bonds is 6. The number of hydrogen-bond acceptors (Lipinski definition) is 3. The molecular weight excluding hydrogens is 228 g/mol. The van der Waals surface area contributed by atoms with Crippen LogP contribution in [0, 0.1) is 5.92 Å². The van der Waals surface area contributed by atoms with Crippen LogP contribution in [-0.2, 0) is 6.54 Å². The second kappa shape index (κ2) is 5.98. The van der Waals surface area contributed by atoms with E-state index in [1.807, 2.05) is 24.3 Å². The molecule has 4 nitrogen and oxygen atoms in total. The van der Waals surface area contributed by atoms with Gasteiger partial charge in [-0.15, -0.1) is 0 Å². The minimum atomic E-state index is -0.213. The summed E-state index contributed by atoms with van der Waals surface area (Å²) in [6.45, 7) is 1.36. The summed E-state index contributed by atoms with van der Waals surface area (Å²) in [5, 5.41) is 15.5. The van der Waals surface area contributed by atoms with E-state index >= 15 is 0 Å². The van der Waals surface area contributed by atoms with Crippen molar-refractivity contribution in [2.24, 2.45) is 5.92 Å². The lowest BCUT2D eigenvalue weighted by Crippen LogP contribution is -2.27. The van der Waals surface area contributed by atoms with E-state index in [0.717, 1.165) is 24.9 Å². The molecule has 1 unspecified atom stereocenters. The number of carbonyl (C=O) groups is 1. The van der Waals surface area contributed by atoms with Gasteiger partial charge in [0.25, 0.3) is 5.91 Å². The number of amides is 1. The maximum Gasteiger partial charge on any atom is 0.251 e. The molecule has 0 aromatic heterocycles. The van der Waals surface area contributed by atoms with Gasteiger partial charge in [-0.25, -0.2) is 0 Å². The third kappa shape index (κ3) is 3.55. The monoisotopic (exact) mass is 248 g/mol. The van der Waals surface area contributed by atoms with E-state index in [9.17, 15) is 9.90 Å². The van der Waals surface area contributed by atoms with Gasteiger partial charge in [-0.2, -0.15) is 0 Å². The molecule has 98 valence electrons. The molecule has 0 heterocycles. The van der Waals surface area contributed by atoms with Crippen LogP contribution in [0.5, 0.6) is 0 Å². The van der Waals surface area contributed by atoms with Gasteiger partial charge in [0.15, 0.2) is 0 Å². The first-order valence-corrected chi connectivity index (χ1v) is 6.40. The minimum Gasteiger partial charge on any atom is -0.392 e. The normalized spacial score (nSPS) is 16.3. The van der Waals surface area contributed by atoms with E-state index in [0.29, 0.717) is 18.0 Å². The summed E-state index contributed by atoms with van der Waals surface area (Å²) < 4.78 is 0. The number of benzene rings is 1. The van der Waals surface area contributed by atoms with E-state index in [2.05, 4.69) is 10.6 Å². The van der Waals surface area contributed by atoms with Gasteiger partial charge in [-0.05, 0) is 36.5 Å². The largest absolute Gasteiger partial charge is 0.392 e. The summed E-state index contributed by atoms with van der Waals surface area (Å²) in [6.07, 6.45) is 2.10. The van der Waals surface area contributed by atoms with Crippen molar-refractivity contribution in [3.05, 3.63) is 35.4 Å². The van der Waals surface area contributed by atoms with Gasteiger partial charge in [0.1, 0.15) is 0 Å². The van der Waals surface area contributed by atoms with Gasteiger partial charge in [-0.1, -0.05) is 12.1 Å². The standard InChI is InChI=1S/C14H20N2O2/c1-15-14(18)12-4-2-10(3-5-12)8-16-9-13(17)11-6-7-11/h2-5,11,13,16-17H,6-9H2,1H3,(H,15,18). The molecule has 1 saturated carbocycles. The van der Waals surface area contributed by atoms with E-state index in [1.165, 1.54) is 0 Å². The Morgan fingerprint density at radius 2 is 2.06 bits per heavy atom. The van der Waals surface area contributed by atoms with Crippen molar-refractivity contribution in [3.63, 3.8) is 0 Å². The zero-order chi connectivity index (χ0) is 13.0. The predicted octanol–water partition coefficient (Wildman–Crippen LogP) is 0.907. The van der Waals surface area contributed by atoms with Crippen molar-refractivity contribution in [3.8, 4) is 0 Å². The molecule has 0 spiro atoms. The Balaban J connectivity index is 1.77. The highest BCUT2D eigenvalue weighted by molar-refractivity contribution is 5.93. The average Bonchev–Trinajstić information content (AvgIpc) is 3.23. The smallest absolute Gasteiger partial charge is 0.251 e. The molecule has 1 amide bonds. The molecule has 18 heavy (non-hydrogen) atoms. The lowest BCUT2D eigenvalue weighted by atomic mass is 10.1. The topological polar surface area (TPSA) is 61.4 Å². The fourth-order valence-electron chi connectivity index (χ4n) is 1.93. The molecule has 0 radical (unpaired) electrons. The molecule has 4 heteroatoms. The second-order valence-electron chi connectivity index (χ2n) is 4.81. The Hall–Kier alpha value is -1.39. The molecule has 1 aliphatic carbocycles. The van der Waals surface area contributed by atoms with Crippen LogP contribution in [0.2, 0.25) is 0 Å². The molecule has 1 aromatic rings. The summed E-state index contributed by atoms with van der Waals surface area (Å²) in [4.78, 5) is 11.4. The number of nitrogens with one attached hydrogen (secondary N) is 2. The lowest BCUT2D eigenvalue weighted by Gasteiger charge is -2.10. The van der Waals surface area contributed by atoms with Crippen LogP contribution in [0.3, 0.4) is 0 Å². The number of aliphatic hydroxyl groups excluding tert-OH is 1. The third-order valence-electron chi connectivity index (χ3n) is 3.29. The molecule has 1 atom stereocenters. The molecule has 3 N–H and O–H groups in total. The Bertz CT molecular complexity index is 399. The maximum absolute atomic E-state index is 11.4. The molecule has 0 saturated heterocycles. The average molecular weight is 248 g/mol. The summed E-state index contributed by atoms with van der Waals surface area (Å²) in [6, 6.07) is 7.49.